The van der Waals surface area contributed by atoms with Crippen molar-refractivity contribution >= 4 is 12.0 Å². The number of methoxy groups -OCH3 is 1. The summed E-state index contributed by atoms with van der Waals surface area (Å²) in [5, 5.41) is 18.3. The van der Waals surface area contributed by atoms with Gasteiger partial charge in [-0.2, -0.15) is 0 Å². The van der Waals surface area contributed by atoms with Crippen LogP contribution in [0.25, 0.3) is 0 Å². The van der Waals surface area contributed by atoms with Crippen molar-refractivity contribution in [3.8, 4) is 0 Å². The Hall–Kier alpha value is -1.34. The van der Waals surface area contributed by atoms with E-state index in [-0.39, 0.29) is 24.7 Å². The van der Waals surface area contributed by atoms with Gasteiger partial charge >= 0.3 is 12.0 Å². The van der Waals surface area contributed by atoms with Gasteiger partial charge in [-0.3, -0.25) is 0 Å². The number of aliphatic carboxylic acids is 1. The second kappa shape index (κ2) is 5.75. The number of ether oxygens (including phenoxy) is 1. The average molecular weight is 272 g/mol. The molecule has 2 aliphatic heterocycles. The fourth-order valence-corrected chi connectivity index (χ4v) is 2.75. The highest BCUT2D eigenvalue weighted by Gasteiger charge is 2.42. The van der Waals surface area contributed by atoms with Crippen LogP contribution in [0, 0.1) is 5.92 Å². The molecule has 19 heavy (non-hydrogen) atoms. The minimum Gasteiger partial charge on any atom is -0.480 e. The molecule has 0 aromatic heterocycles. The summed E-state index contributed by atoms with van der Waals surface area (Å²) in [4.78, 5) is 26.5. The topological polar surface area (TPSA) is 90.3 Å². The van der Waals surface area contributed by atoms with Crippen molar-refractivity contribution in [1.29, 1.82) is 0 Å². The third-order valence-corrected chi connectivity index (χ3v) is 3.94. The van der Waals surface area contributed by atoms with Crippen molar-refractivity contribution in [1.82, 2.24) is 9.80 Å². The molecule has 0 aromatic carbocycles. The average Bonchev–Trinajstić information content (AvgIpc) is 3.04. The largest absolute Gasteiger partial charge is 0.480 e. The van der Waals surface area contributed by atoms with Crippen molar-refractivity contribution < 1.29 is 24.5 Å². The van der Waals surface area contributed by atoms with Crippen LogP contribution in [0.4, 0.5) is 4.79 Å². The van der Waals surface area contributed by atoms with Gasteiger partial charge in [0.2, 0.25) is 0 Å². The van der Waals surface area contributed by atoms with E-state index in [0.717, 1.165) is 6.42 Å². The molecule has 0 saturated carbocycles. The monoisotopic (exact) mass is 272 g/mol. The van der Waals surface area contributed by atoms with Crippen LogP contribution in [0.3, 0.4) is 0 Å². The Bertz CT molecular complexity index is 362. The third kappa shape index (κ3) is 2.82. The smallest absolute Gasteiger partial charge is 0.326 e. The number of carboxylic acids is 1. The molecule has 2 fully saturated rings. The highest BCUT2D eigenvalue weighted by molar-refractivity contribution is 5.83. The highest BCUT2D eigenvalue weighted by Crippen LogP contribution is 2.24. The molecule has 0 spiro atoms. The maximum absolute atomic E-state index is 12.3. The maximum Gasteiger partial charge on any atom is 0.326 e. The first-order valence-corrected chi connectivity index (χ1v) is 6.48. The van der Waals surface area contributed by atoms with Crippen molar-refractivity contribution in [3.63, 3.8) is 0 Å². The summed E-state index contributed by atoms with van der Waals surface area (Å²) < 4.78 is 5.16. The molecule has 2 heterocycles. The molecule has 3 atom stereocenters. The normalized spacial score (nSPS) is 30.9. The molecule has 2 N–H and O–H groups in total. The molecule has 0 aromatic rings. The fraction of sp³-hybridized carbons (Fsp3) is 0.833. The Labute approximate surface area is 111 Å². The van der Waals surface area contributed by atoms with E-state index >= 15 is 0 Å². The molecule has 3 unspecified atom stereocenters. The summed E-state index contributed by atoms with van der Waals surface area (Å²) >= 11 is 0. The lowest BCUT2D eigenvalue weighted by Crippen LogP contribution is -2.47. The van der Waals surface area contributed by atoms with E-state index in [0.29, 0.717) is 26.1 Å². The van der Waals surface area contributed by atoms with Gasteiger partial charge in [-0.15, -0.1) is 0 Å². The number of aliphatic hydroxyl groups is 1. The quantitative estimate of drug-likeness (QED) is 0.729. The zero-order chi connectivity index (χ0) is 14.0. The lowest BCUT2D eigenvalue weighted by molar-refractivity contribution is -0.141. The molecule has 2 aliphatic rings. The van der Waals surface area contributed by atoms with E-state index in [1.165, 1.54) is 12.0 Å². The second-order valence-corrected chi connectivity index (χ2v) is 5.17. The Morgan fingerprint density at radius 1 is 1.37 bits per heavy atom. The fourth-order valence-electron chi connectivity index (χ4n) is 2.75. The van der Waals surface area contributed by atoms with Crippen LogP contribution in [-0.2, 0) is 9.53 Å². The SMILES string of the molecule is COC1CC(C(=O)O)N(C(=O)N2CCC(CO)C2)C1. The van der Waals surface area contributed by atoms with Gasteiger partial charge in [-0.05, 0) is 6.42 Å². The van der Waals surface area contributed by atoms with Gasteiger partial charge in [0.25, 0.3) is 0 Å². The predicted octanol–water partition coefficient (Wildman–Crippen LogP) is -0.405. The minimum absolute atomic E-state index is 0.0623. The predicted molar refractivity (Wildman–Crippen MR) is 65.7 cm³/mol. The van der Waals surface area contributed by atoms with Crippen LogP contribution in [0.15, 0.2) is 0 Å². The standard InChI is InChI=1S/C12H20N2O5/c1-19-9-4-10(11(16)17)14(6-9)12(18)13-3-2-8(5-13)7-15/h8-10,15H,2-7H2,1H3,(H,16,17). The Kier molecular flexibility index (Phi) is 4.26. The van der Waals surface area contributed by atoms with Crippen molar-refractivity contribution in [2.75, 3.05) is 33.4 Å². The minimum atomic E-state index is -0.995. The number of aliphatic hydroxyl groups excluding tert-OH is 1. The van der Waals surface area contributed by atoms with E-state index < -0.39 is 12.0 Å². The number of hydrogen-bond acceptors (Lipinski definition) is 4. The number of hydrogen-bond donors (Lipinski definition) is 2. The summed E-state index contributed by atoms with van der Waals surface area (Å²) in [5.41, 5.74) is 0. The number of nitrogens with zero attached hydrogens (tertiary/aromatic N) is 2. The van der Waals surface area contributed by atoms with Crippen LogP contribution < -0.4 is 0 Å². The zero-order valence-electron chi connectivity index (χ0n) is 11.0. The number of carbonyl (C=O) groups excluding carboxylic acids is 1. The van der Waals surface area contributed by atoms with E-state index in [2.05, 4.69) is 0 Å². The number of rotatable bonds is 3. The molecule has 7 heteroatoms. The molecule has 7 nitrogen and oxygen atoms in total. The van der Waals surface area contributed by atoms with Gasteiger partial charge in [-0.1, -0.05) is 0 Å². The number of likely N-dealkylation sites (tertiary alicyclic amines) is 2. The zero-order valence-corrected chi connectivity index (χ0v) is 11.0. The first-order chi connectivity index (χ1) is 9.06. The molecule has 2 saturated heterocycles. The van der Waals surface area contributed by atoms with Gasteiger partial charge in [0.1, 0.15) is 6.04 Å². The summed E-state index contributed by atoms with van der Waals surface area (Å²) in [6, 6.07) is -1.08. The Morgan fingerprint density at radius 2 is 2.11 bits per heavy atom. The summed E-state index contributed by atoms with van der Waals surface area (Å²) in [7, 11) is 1.52. The molecule has 2 rings (SSSR count). The van der Waals surface area contributed by atoms with E-state index in [1.807, 2.05) is 0 Å². The number of carboxylic acid groups (broad SMARTS) is 1. The van der Waals surface area contributed by atoms with Gasteiger partial charge < -0.3 is 24.7 Å². The van der Waals surface area contributed by atoms with Crippen molar-refractivity contribution in [3.05, 3.63) is 0 Å². The van der Waals surface area contributed by atoms with Crippen LogP contribution in [-0.4, -0.2) is 77.5 Å². The summed E-state index contributed by atoms with van der Waals surface area (Å²) in [5.74, 6) is -0.890. The first kappa shape index (κ1) is 14.1. The third-order valence-electron chi connectivity index (χ3n) is 3.94. The van der Waals surface area contributed by atoms with E-state index in [9.17, 15) is 14.7 Å². The van der Waals surface area contributed by atoms with E-state index in [4.69, 9.17) is 9.84 Å². The highest BCUT2D eigenvalue weighted by atomic mass is 16.5. The molecule has 0 aliphatic carbocycles. The molecular weight excluding hydrogens is 252 g/mol. The molecular formula is C12H20N2O5. The summed E-state index contributed by atoms with van der Waals surface area (Å²) in [6.07, 6.45) is 0.873. The van der Waals surface area contributed by atoms with Gasteiger partial charge in [0.05, 0.1) is 6.10 Å². The summed E-state index contributed by atoms with van der Waals surface area (Å²) in [6.45, 7) is 1.44. The Morgan fingerprint density at radius 3 is 2.63 bits per heavy atom. The van der Waals surface area contributed by atoms with Gasteiger partial charge in [0, 0.05) is 45.7 Å². The van der Waals surface area contributed by atoms with E-state index in [1.54, 1.807) is 4.90 Å². The number of urea groups is 1. The van der Waals surface area contributed by atoms with Crippen molar-refractivity contribution in [2.24, 2.45) is 5.92 Å². The van der Waals surface area contributed by atoms with Crippen LogP contribution >= 0.6 is 0 Å². The van der Waals surface area contributed by atoms with Crippen molar-refractivity contribution in [2.45, 2.75) is 25.0 Å². The molecule has 0 bridgehead atoms. The Balaban J connectivity index is 2.03. The van der Waals surface area contributed by atoms with Crippen LogP contribution in [0.1, 0.15) is 12.8 Å². The van der Waals surface area contributed by atoms with Crippen LogP contribution in [0.5, 0.6) is 0 Å². The van der Waals surface area contributed by atoms with Gasteiger partial charge in [0.15, 0.2) is 0 Å². The molecule has 2 amide bonds. The molecule has 108 valence electrons. The maximum atomic E-state index is 12.3. The molecule has 0 radical (unpaired) electrons. The van der Waals surface area contributed by atoms with Gasteiger partial charge in [-0.25, -0.2) is 9.59 Å². The van der Waals surface area contributed by atoms with Crippen LogP contribution in [0.2, 0.25) is 0 Å². The number of amides is 2. The lowest BCUT2D eigenvalue weighted by Gasteiger charge is -2.27. The second-order valence-electron chi connectivity index (χ2n) is 5.17. The first-order valence-electron chi connectivity index (χ1n) is 6.48. The lowest BCUT2D eigenvalue weighted by atomic mass is 10.1. The number of carbonyl (C=O) groups is 2.